The number of amides is 2. The molecule has 108 valence electrons. The number of halogens is 2. The zero-order valence-corrected chi connectivity index (χ0v) is 13.0. The maximum absolute atomic E-state index is 12.7. The van der Waals surface area contributed by atoms with Crippen LogP contribution in [-0.2, 0) is 9.59 Å². The average Bonchev–Trinajstić information content (AvgIpc) is 2.39. The van der Waals surface area contributed by atoms with Gasteiger partial charge in [0.05, 0.1) is 10.7 Å². The summed E-state index contributed by atoms with van der Waals surface area (Å²) in [5, 5.41) is 3.61. The maximum atomic E-state index is 12.7. The first-order valence-electron chi connectivity index (χ1n) is 6.41. The Hall–Kier alpha value is -1.26. The summed E-state index contributed by atoms with van der Waals surface area (Å²) in [6.45, 7) is 5.25. The highest BCUT2D eigenvalue weighted by Crippen LogP contribution is 2.34. The maximum Gasteiger partial charge on any atom is 0.253 e. The van der Waals surface area contributed by atoms with E-state index in [1.54, 1.807) is 32.0 Å². The minimum Gasteiger partial charge on any atom is -0.340 e. The predicted molar refractivity (Wildman–Crippen MR) is 80.2 cm³/mol. The molecule has 1 aromatic rings. The number of hydrogen-bond donors (Lipinski definition) is 1. The summed E-state index contributed by atoms with van der Waals surface area (Å²) in [5.74, 6) is -0.365. The molecule has 1 aliphatic heterocycles. The number of carbonyl (C=O) groups is 2. The van der Waals surface area contributed by atoms with Crippen LogP contribution in [-0.4, -0.2) is 23.4 Å². The Labute approximate surface area is 128 Å². The standard InChI is InChI=1S/C14H16Cl2N2O2/c1-4-14(3)13(20)18(8(2)12(19)17-14)11-6-5-9(15)7-10(11)16/h5-8H,4H2,1-3H3,(H,17,19). The van der Waals surface area contributed by atoms with Crippen molar-refractivity contribution in [3.8, 4) is 0 Å². The molecule has 6 heteroatoms. The summed E-state index contributed by atoms with van der Waals surface area (Å²) >= 11 is 12.0. The Morgan fingerprint density at radius 3 is 2.55 bits per heavy atom. The van der Waals surface area contributed by atoms with E-state index in [0.29, 0.717) is 22.2 Å². The highest BCUT2D eigenvalue weighted by Gasteiger charge is 2.46. The molecule has 1 heterocycles. The first-order valence-corrected chi connectivity index (χ1v) is 7.16. The van der Waals surface area contributed by atoms with Gasteiger partial charge < -0.3 is 5.32 Å². The smallest absolute Gasteiger partial charge is 0.253 e. The first-order chi connectivity index (χ1) is 9.30. The van der Waals surface area contributed by atoms with Crippen LogP contribution in [0.3, 0.4) is 0 Å². The topological polar surface area (TPSA) is 49.4 Å². The van der Waals surface area contributed by atoms with Crippen molar-refractivity contribution in [2.24, 2.45) is 0 Å². The van der Waals surface area contributed by atoms with Gasteiger partial charge >= 0.3 is 0 Å². The third-order valence-electron chi connectivity index (χ3n) is 3.73. The van der Waals surface area contributed by atoms with Crippen molar-refractivity contribution < 1.29 is 9.59 Å². The molecule has 0 aliphatic carbocycles. The van der Waals surface area contributed by atoms with Crippen LogP contribution in [0.15, 0.2) is 18.2 Å². The quantitative estimate of drug-likeness (QED) is 0.912. The van der Waals surface area contributed by atoms with Crippen molar-refractivity contribution in [1.29, 1.82) is 0 Å². The summed E-state index contributed by atoms with van der Waals surface area (Å²) < 4.78 is 0. The molecule has 2 rings (SSSR count). The number of nitrogens with one attached hydrogen (secondary N) is 1. The number of anilines is 1. The van der Waals surface area contributed by atoms with Gasteiger partial charge in [-0.2, -0.15) is 0 Å². The number of benzene rings is 1. The van der Waals surface area contributed by atoms with Gasteiger partial charge in [-0.05, 0) is 38.5 Å². The van der Waals surface area contributed by atoms with Gasteiger partial charge in [-0.15, -0.1) is 0 Å². The lowest BCUT2D eigenvalue weighted by molar-refractivity contribution is -0.137. The molecule has 0 aromatic heterocycles. The van der Waals surface area contributed by atoms with Gasteiger partial charge in [0.2, 0.25) is 5.91 Å². The third kappa shape index (κ3) is 2.38. The van der Waals surface area contributed by atoms with Gasteiger partial charge in [-0.3, -0.25) is 14.5 Å². The Morgan fingerprint density at radius 1 is 1.35 bits per heavy atom. The van der Waals surface area contributed by atoms with Crippen LogP contribution in [0, 0.1) is 0 Å². The predicted octanol–water partition coefficient (Wildman–Crippen LogP) is 3.01. The van der Waals surface area contributed by atoms with Crippen molar-refractivity contribution in [3.63, 3.8) is 0 Å². The lowest BCUT2D eigenvalue weighted by Gasteiger charge is -2.43. The zero-order chi connectivity index (χ0) is 15.1. The lowest BCUT2D eigenvalue weighted by atomic mass is 9.92. The number of hydrogen-bond acceptors (Lipinski definition) is 2. The second kappa shape index (κ2) is 5.26. The summed E-state index contributed by atoms with van der Waals surface area (Å²) in [6, 6.07) is 4.27. The van der Waals surface area contributed by atoms with Crippen LogP contribution in [0.1, 0.15) is 27.2 Å². The van der Waals surface area contributed by atoms with Gasteiger partial charge in [0, 0.05) is 5.02 Å². The number of nitrogens with zero attached hydrogens (tertiary/aromatic N) is 1. The largest absolute Gasteiger partial charge is 0.340 e. The average molecular weight is 315 g/mol. The molecule has 4 nitrogen and oxygen atoms in total. The molecular weight excluding hydrogens is 299 g/mol. The molecular formula is C14H16Cl2N2O2. The minimum atomic E-state index is -0.910. The molecule has 1 N–H and O–H groups in total. The molecule has 0 radical (unpaired) electrons. The molecule has 2 unspecified atom stereocenters. The Kier molecular flexibility index (Phi) is 3.98. The number of rotatable bonds is 2. The summed E-state index contributed by atoms with van der Waals surface area (Å²) in [7, 11) is 0. The van der Waals surface area contributed by atoms with E-state index in [4.69, 9.17) is 23.2 Å². The van der Waals surface area contributed by atoms with Gasteiger partial charge in [0.1, 0.15) is 11.6 Å². The van der Waals surface area contributed by atoms with Crippen LogP contribution in [0.5, 0.6) is 0 Å². The molecule has 2 amide bonds. The van der Waals surface area contributed by atoms with E-state index in [2.05, 4.69) is 5.32 Å². The van der Waals surface area contributed by atoms with Crippen molar-refractivity contribution in [3.05, 3.63) is 28.2 Å². The van der Waals surface area contributed by atoms with Gasteiger partial charge in [-0.1, -0.05) is 30.1 Å². The molecule has 1 fully saturated rings. The number of carbonyl (C=O) groups excluding carboxylic acids is 2. The second-order valence-corrected chi connectivity index (χ2v) is 5.97. The fraction of sp³-hybridized carbons (Fsp3) is 0.429. The molecule has 1 saturated heterocycles. The van der Waals surface area contributed by atoms with E-state index in [9.17, 15) is 9.59 Å². The van der Waals surface area contributed by atoms with E-state index < -0.39 is 11.6 Å². The molecule has 1 aromatic carbocycles. The lowest BCUT2D eigenvalue weighted by Crippen LogP contribution is -2.68. The first kappa shape index (κ1) is 15.1. The van der Waals surface area contributed by atoms with Crippen LogP contribution >= 0.6 is 23.2 Å². The molecule has 20 heavy (non-hydrogen) atoms. The van der Waals surface area contributed by atoms with Crippen LogP contribution < -0.4 is 10.2 Å². The van der Waals surface area contributed by atoms with Gasteiger partial charge in [0.25, 0.3) is 5.91 Å². The highest BCUT2D eigenvalue weighted by atomic mass is 35.5. The van der Waals surface area contributed by atoms with Crippen LogP contribution in [0.25, 0.3) is 0 Å². The highest BCUT2D eigenvalue weighted by molar-refractivity contribution is 6.37. The summed E-state index contributed by atoms with van der Waals surface area (Å²) in [4.78, 5) is 26.2. The van der Waals surface area contributed by atoms with E-state index in [0.717, 1.165) is 0 Å². The van der Waals surface area contributed by atoms with Crippen molar-refractivity contribution in [2.75, 3.05) is 4.90 Å². The fourth-order valence-electron chi connectivity index (χ4n) is 2.22. The van der Waals surface area contributed by atoms with Crippen LogP contribution in [0.2, 0.25) is 10.0 Å². The van der Waals surface area contributed by atoms with E-state index in [1.165, 1.54) is 4.90 Å². The Bertz CT molecular complexity index is 576. The molecule has 2 atom stereocenters. The minimum absolute atomic E-state index is 0.170. The third-order valence-corrected chi connectivity index (χ3v) is 4.27. The monoisotopic (exact) mass is 314 g/mol. The summed E-state index contributed by atoms with van der Waals surface area (Å²) in [6.07, 6.45) is 0.506. The van der Waals surface area contributed by atoms with Crippen molar-refractivity contribution in [2.45, 2.75) is 38.8 Å². The zero-order valence-electron chi connectivity index (χ0n) is 11.5. The Balaban J connectivity index is 2.51. The van der Waals surface area contributed by atoms with E-state index in [-0.39, 0.29) is 11.8 Å². The number of piperazine rings is 1. The molecule has 1 aliphatic rings. The van der Waals surface area contributed by atoms with Crippen molar-refractivity contribution >= 4 is 40.7 Å². The molecule has 0 saturated carbocycles. The normalized spacial score (nSPS) is 26.6. The summed E-state index contributed by atoms with van der Waals surface area (Å²) in [5.41, 5.74) is -0.407. The van der Waals surface area contributed by atoms with Gasteiger partial charge in [-0.25, -0.2) is 0 Å². The second-order valence-electron chi connectivity index (χ2n) is 5.12. The van der Waals surface area contributed by atoms with Crippen LogP contribution in [0.4, 0.5) is 5.69 Å². The van der Waals surface area contributed by atoms with E-state index in [1.807, 2.05) is 6.92 Å². The molecule has 0 spiro atoms. The van der Waals surface area contributed by atoms with Gasteiger partial charge in [0.15, 0.2) is 0 Å². The fourth-order valence-corrected chi connectivity index (χ4v) is 2.72. The Morgan fingerprint density at radius 2 is 2.00 bits per heavy atom. The molecule has 0 bridgehead atoms. The van der Waals surface area contributed by atoms with Crippen molar-refractivity contribution in [1.82, 2.24) is 5.32 Å². The SMILES string of the molecule is CCC1(C)NC(=O)C(C)N(c2ccc(Cl)cc2Cl)C1=O. The van der Waals surface area contributed by atoms with E-state index >= 15 is 0 Å².